The standard InChI is InChI=1S/C25H29N5OS/c1-18(2)29-13-5-7-22(29)24-23(21-6-3-4-12-26-21)27-25(32)30(24)20-10-8-19(9-11-20)28-14-16-31-17-15-28/h3-13,18,23-24H,14-17H2,1-2H3,(H,27,32)/t23-,24-/m0/s1. The van der Waals surface area contributed by atoms with Gasteiger partial charge in [0.1, 0.15) is 6.04 Å². The van der Waals surface area contributed by atoms with E-state index in [9.17, 15) is 0 Å². The largest absolute Gasteiger partial charge is 0.378 e. The van der Waals surface area contributed by atoms with E-state index in [0.717, 1.165) is 42.8 Å². The SMILES string of the molecule is CC(C)n1cccc1[C@H]1[C@H](c2ccccn2)NC(=S)N1c1ccc(N2CCOCC2)cc1. The number of pyridine rings is 1. The summed E-state index contributed by atoms with van der Waals surface area (Å²) in [5, 5.41) is 4.28. The molecule has 0 amide bonds. The van der Waals surface area contributed by atoms with E-state index in [1.54, 1.807) is 0 Å². The maximum atomic E-state index is 5.87. The van der Waals surface area contributed by atoms with Crippen molar-refractivity contribution in [2.75, 3.05) is 36.1 Å². The summed E-state index contributed by atoms with van der Waals surface area (Å²) in [6.07, 6.45) is 3.99. The molecule has 4 heterocycles. The van der Waals surface area contributed by atoms with Crippen LogP contribution in [0.1, 0.15) is 43.4 Å². The van der Waals surface area contributed by atoms with E-state index < -0.39 is 0 Å². The Balaban J connectivity index is 1.53. The Hall–Kier alpha value is -2.90. The lowest BCUT2D eigenvalue weighted by atomic mass is 10.0. The lowest BCUT2D eigenvalue weighted by Crippen LogP contribution is -2.36. The maximum Gasteiger partial charge on any atom is 0.174 e. The first-order valence-corrected chi connectivity index (χ1v) is 11.6. The van der Waals surface area contributed by atoms with Crippen LogP contribution in [0.25, 0.3) is 0 Å². The number of nitrogens with one attached hydrogen (secondary N) is 1. The molecule has 6 nitrogen and oxygen atoms in total. The molecule has 5 rings (SSSR count). The molecular formula is C25H29N5OS. The van der Waals surface area contributed by atoms with Gasteiger partial charge >= 0.3 is 0 Å². The van der Waals surface area contributed by atoms with Crippen molar-refractivity contribution in [3.63, 3.8) is 0 Å². The minimum atomic E-state index is -0.0324. The third-order valence-electron chi connectivity index (χ3n) is 6.27. The Morgan fingerprint density at radius 3 is 2.44 bits per heavy atom. The number of benzene rings is 1. The molecule has 2 atom stereocenters. The van der Waals surface area contributed by atoms with Crippen LogP contribution >= 0.6 is 12.2 Å². The molecule has 2 saturated heterocycles. The molecule has 32 heavy (non-hydrogen) atoms. The summed E-state index contributed by atoms with van der Waals surface area (Å²) in [5.41, 5.74) is 4.52. The fraction of sp³-hybridized carbons (Fsp3) is 0.360. The Morgan fingerprint density at radius 1 is 1.00 bits per heavy atom. The van der Waals surface area contributed by atoms with Crippen molar-refractivity contribution in [3.05, 3.63) is 78.4 Å². The molecule has 0 radical (unpaired) electrons. The molecule has 3 aromatic rings. The molecule has 2 fully saturated rings. The van der Waals surface area contributed by atoms with Gasteiger partial charge < -0.3 is 24.4 Å². The molecule has 166 valence electrons. The molecule has 1 aromatic carbocycles. The van der Waals surface area contributed by atoms with Crippen LogP contribution in [0.2, 0.25) is 0 Å². The number of morpholine rings is 1. The van der Waals surface area contributed by atoms with Crippen LogP contribution in [0.5, 0.6) is 0 Å². The molecule has 7 heteroatoms. The fourth-order valence-corrected chi connectivity index (χ4v) is 5.05. The van der Waals surface area contributed by atoms with E-state index in [2.05, 4.69) is 87.2 Å². The van der Waals surface area contributed by atoms with Crippen molar-refractivity contribution in [1.29, 1.82) is 0 Å². The monoisotopic (exact) mass is 447 g/mol. The van der Waals surface area contributed by atoms with E-state index in [-0.39, 0.29) is 12.1 Å². The number of hydrogen-bond acceptors (Lipinski definition) is 4. The number of nitrogens with zero attached hydrogens (tertiary/aromatic N) is 4. The normalized spacial score (nSPS) is 21.3. The van der Waals surface area contributed by atoms with Crippen LogP contribution in [0.3, 0.4) is 0 Å². The summed E-state index contributed by atoms with van der Waals surface area (Å²) >= 11 is 5.87. The lowest BCUT2D eigenvalue weighted by Gasteiger charge is -2.31. The highest BCUT2D eigenvalue weighted by molar-refractivity contribution is 7.80. The van der Waals surface area contributed by atoms with Gasteiger partial charge in [-0.05, 0) is 74.6 Å². The van der Waals surface area contributed by atoms with Gasteiger partial charge in [0.2, 0.25) is 0 Å². The van der Waals surface area contributed by atoms with Crippen molar-refractivity contribution in [2.45, 2.75) is 32.0 Å². The average molecular weight is 448 g/mol. The zero-order valence-electron chi connectivity index (χ0n) is 18.5. The zero-order valence-corrected chi connectivity index (χ0v) is 19.3. The number of anilines is 2. The molecular weight excluding hydrogens is 418 g/mol. The van der Waals surface area contributed by atoms with Crippen LogP contribution in [-0.2, 0) is 4.74 Å². The Labute approximate surface area is 194 Å². The third kappa shape index (κ3) is 3.87. The van der Waals surface area contributed by atoms with E-state index in [1.807, 2.05) is 18.3 Å². The highest BCUT2D eigenvalue weighted by atomic mass is 32.1. The summed E-state index contributed by atoms with van der Waals surface area (Å²) in [5.74, 6) is 0. The molecule has 2 aliphatic rings. The first kappa shape index (κ1) is 21.0. The van der Waals surface area contributed by atoms with Crippen molar-refractivity contribution >= 4 is 28.7 Å². The smallest absolute Gasteiger partial charge is 0.174 e. The number of hydrogen-bond donors (Lipinski definition) is 1. The van der Waals surface area contributed by atoms with Crippen molar-refractivity contribution in [2.24, 2.45) is 0 Å². The highest BCUT2D eigenvalue weighted by Gasteiger charge is 2.42. The summed E-state index contributed by atoms with van der Waals surface area (Å²) < 4.78 is 7.82. The first-order chi connectivity index (χ1) is 15.6. The number of thiocarbonyl (C=S) groups is 1. The van der Waals surface area contributed by atoms with Crippen molar-refractivity contribution in [1.82, 2.24) is 14.9 Å². The van der Waals surface area contributed by atoms with Gasteiger partial charge in [0, 0.05) is 48.6 Å². The fourth-order valence-electron chi connectivity index (χ4n) is 4.71. The summed E-state index contributed by atoms with van der Waals surface area (Å²) in [6, 6.07) is 19.4. The predicted molar refractivity (Wildman–Crippen MR) is 132 cm³/mol. The molecule has 2 aromatic heterocycles. The summed E-state index contributed by atoms with van der Waals surface area (Å²) in [4.78, 5) is 9.27. The van der Waals surface area contributed by atoms with Crippen molar-refractivity contribution < 1.29 is 4.74 Å². The van der Waals surface area contributed by atoms with E-state index >= 15 is 0 Å². The van der Waals surface area contributed by atoms with Crippen LogP contribution in [0.15, 0.2) is 67.0 Å². The second-order valence-electron chi connectivity index (χ2n) is 8.55. The number of aromatic nitrogens is 2. The van der Waals surface area contributed by atoms with E-state index in [1.165, 1.54) is 11.4 Å². The van der Waals surface area contributed by atoms with Gasteiger partial charge in [-0.2, -0.15) is 0 Å². The Bertz CT molecular complexity index is 1060. The molecule has 0 unspecified atom stereocenters. The molecule has 0 bridgehead atoms. The topological polar surface area (TPSA) is 45.6 Å². The molecule has 0 spiro atoms. The van der Waals surface area contributed by atoms with Crippen LogP contribution in [0, 0.1) is 0 Å². The third-order valence-corrected chi connectivity index (χ3v) is 6.59. The summed E-state index contributed by atoms with van der Waals surface area (Å²) in [7, 11) is 0. The predicted octanol–water partition coefficient (Wildman–Crippen LogP) is 4.48. The second kappa shape index (κ2) is 8.92. The van der Waals surface area contributed by atoms with Gasteiger partial charge in [0.15, 0.2) is 5.11 Å². The quantitative estimate of drug-likeness (QED) is 0.582. The zero-order chi connectivity index (χ0) is 22.1. The Kier molecular flexibility index (Phi) is 5.85. The molecule has 0 saturated carbocycles. The van der Waals surface area contributed by atoms with Gasteiger partial charge in [-0.3, -0.25) is 4.98 Å². The summed E-state index contributed by atoms with van der Waals surface area (Å²) in [6.45, 7) is 7.83. The van der Waals surface area contributed by atoms with E-state index in [0.29, 0.717) is 6.04 Å². The number of ether oxygens (including phenoxy) is 1. The van der Waals surface area contributed by atoms with E-state index in [4.69, 9.17) is 17.0 Å². The Morgan fingerprint density at radius 2 is 1.75 bits per heavy atom. The molecule has 1 N–H and O–H groups in total. The van der Waals surface area contributed by atoms with Crippen LogP contribution < -0.4 is 15.1 Å². The van der Waals surface area contributed by atoms with Gasteiger partial charge in [-0.25, -0.2) is 0 Å². The first-order valence-electron chi connectivity index (χ1n) is 11.2. The van der Waals surface area contributed by atoms with Gasteiger partial charge in [-0.1, -0.05) is 6.07 Å². The van der Waals surface area contributed by atoms with Gasteiger partial charge in [0.05, 0.1) is 24.9 Å². The average Bonchev–Trinajstić information content (AvgIpc) is 3.45. The highest BCUT2D eigenvalue weighted by Crippen LogP contribution is 2.42. The minimum Gasteiger partial charge on any atom is -0.378 e. The lowest BCUT2D eigenvalue weighted by molar-refractivity contribution is 0.122. The van der Waals surface area contributed by atoms with Crippen LogP contribution in [-0.4, -0.2) is 41.0 Å². The minimum absolute atomic E-state index is 0.00374. The van der Waals surface area contributed by atoms with Crippen molar-refractivity contribution in [3.8, 4) is 0 Å². The van der Waals surface area contributed by atoms with Crippen LogP contribution in [0.4, 0.5) is 11.4 Å². The van der Waals surface area contributed by atoms with Gasteiger partial charge in [0.25, 0.3) is 0 Å². The van der Waals surface area contributed by atoms with Gasteiger partial charge in [-0.15, -0.1) is 0 Å². The maximum absolute atomic E-state index is 5.87. The second-order valence-corrected chi connectivity index (χ2v) is 8.93. The molecule has 2 aliphatic heterocycles. The molecule has 0 aliphatic carbocycles. The number of rotatable bonds is 5.